The van der Waals surface area contributed by atoms with Crippen LogP contribution in [0.15, 0.2) is 47.7 Å². The van der Waals surface area contributed by atoms with Gasteiger partial charge in [-0.15, -0.1) is 0 Å². The van der Waals surface area contributed by atoms with E-state index < -0.39 is 0 Å². The summed E-state index contributed by atoms with van der Waals surface area (Å²) in [6, 6.07) is 13.1. The molecular weight excluding hydrogens is 452 g/mol. The number of ether oxygens (including phenoxy) is 2. The molecule has 36 heavy (non-hydrogen) atoms. The van der Waals surface area contributed by atoms with Crippen LogP contribution in [-0.4, -0.2) is 79.6 Å². The van der Waals surface area contributed by atoms with Crippen molar-refractivity contribution in [1.82, 2.24) is 19.9 Å². The molecule has 3 aromatic rings. The molecule has 2 aliphatic rings. The van der Waals surface area contributed by atoms with E-state index >= 15 is 0 Å². The summed E-state index contributed by atoms with van der Waals surface area (Å²) in [5, 5.41) is 6.31. The Bertz CT molecular complexity index is 1210. The van der Waals surface area contributed by atoms with Gasteiger partial charge in [-0.25, -0.2) is 4.98 Å². The van der Waals surface area contributed by atoms with Crippen LogP contribution in [0.2, 0.25) is 0 Å². The van der Waals surface area contributed by atoms with Gasteiger partial charge in [0.15, 0.2) is 0 Å². The van der Waals surface area contributed by atoms with Gasteiger partial charge in [0.25, 0.3) is 0 Å². The third-order valence-electron chi connectivity index (χ3n) is 7.37. The predicted molar refractivity (Wildman–Crippen MR) is 145 cm³/mol. The van der Waals surface area contributed by atoms with E-state index in [0.29, 0.717) is 6.04 Å². The average molecular weight is 489 g/mol. The van der Waals surface area contributed by atoms with Crippen molar-refractivity contribution in [2.24, 2.45) is 5.10 Å². The maximum Gasteiger partial charge on any atom is 0.124 e. The zero-order valence-corrected chi connectivity index (χ0v) is 21.7. The average Bonchev–Trinajstić information content (AvgIpc) is 3.56. The number of fused-ring (bicyclic) bond motifs is 1. The number of methoxy groups -OCH3 is 2. The number of benzene rings is 2. The minimum Gasteiger partial charge on any atom is -0.497 e. The molecule has 2 aliphatic heterocycles. The third-order valence-corrected chi connectivity index (χ3v) is 7.37. The van der Waals surface area contributed by atoms with Crippen molar-refractivity contribution in [2.75, 3.05) is 52.3 Å². The van der Waals surface area contributed by atoms with Gasteiger partial charge in [0.1, 0.15) is 11.5 Å². The Morgan fingerprint density at radius 1 is 1.03 bits per heavy atom. The van der Waals surface area contributed by atoms with Crippen LogP contribution in [-0.2, 0) is 0 Å². The Kier molecular flexibility index (Phi) is 7.23. The van der Waals surface area contributed by atoms with E-state index in [2.05, 4.69) is 52.2 Å². The lowest BCUT2D eigenvalue weighted by Crippen LogP contribution is -2.36. The molecule has 1 fully saturated rings. The number of hydrogen-bond donors (Lipinski definition) is 0. The maximum atomic E-state index is 5.59. The molecule has 1 saturated heterocycles. The molecule has 0 spiro atoms. The first-order valence-electron chi connectivity index (χ1n) is 12.8. The highest BCUT2D eigenvalue weighted by atomic mass is 16.5. The maximum absolute atomic E-state index is 5.59. The lowest BCUT2D eigenvalue weighted by atomic mass is 10.1. The summed E-state index contributed by atoms with van der Waals surface area (Å²) in [4.78, 5) is 14.7. The molecule has 190 valence electrons. The molecular formula is C28H36N6O2. The standard InChI is InChI=1S/C28H36N6O2/c1-5-21-7-6-10-33(21)11-12-34(23-13-24(35-3)16-25(14-23)36-4)22-8-9-26-27(15-22)31-28(18-29-26)20-17-30-32(2)19-20/h8-9,13-18,20-21H,5-7,10-12,19H2,1-4H3/t20?,21-/m1/s1. The first kappa shape index (κ1) is 24.3. The van der Waals surface area contributed by atoms with Gasteiger partial charge in [-0.2, -0.15) is 5.10 Å². The number of nitrogens with zero attached hydrogens (tertiary/aromatic N) is 6. The van der Waals surface area contributed by atoms with E-state index in [1.807, 2.05) is 30.5 Å². The van der Waals surface area contributed by atoms with Gasteiger partial charge in [0, 0.05) is 74.7 Å². The second-order valence-corrected chi connectivity index (χ2v) is 9.64. The van der Waals surface area contributed by atoms with E-state index in [1.54, 1.807) is 14.2 Å². The summed E-state index contributed by atoms with van der Waals surface area (Å²) < 4.78 is 11.2. The summed E-state index contributed by atoms with van der Waals surface area (Å²) in [6.45, 7) is 6.13. The van der Waals surface area contributed by atoms with Crippen LogP contribution in [0, 0.1) is 0 Å². The molecule has 1 unspecified atom stereocenters. The van der Waals surface area contributed by atoms with Gasteiger partial charge in [0.2, 0.25) is 0 Å². The second kappa shape index (κ2) is 10.7. The van der Waals surface area contributed by atoms with E-state index in [9.17, 15) is 0 Å². The summed E-state index contributed by atoms with van der Waals surface area (Å²) >= 11 is 0. The number of aromatic nitrogens is 2. The van der Waals surface area contributed by atoms with Crippen molar-refractivity contribution >= 4 is 28.6 Å². The molecule has 1 aromatic heterocycles. The highest BCUT2D eigenvalue weighted by Crippen LogP contribution is 2.34. The van der Waals surface area contributed by atoms with E-state index in [-0.39, 0.29) is 5.92 Å². The number of likely N-dealkylation sites (N-methyl/N-ethyl adjacent to an activating group) is 1. The van der Waals surface area contributed by atoms with Gasteiger partial charge < -0.3 is 14.4 Å². The SMILES string of the molecule is CC[C@@H]1CCCN1CCN(c1cc(OC)cc(OC)c1)c1ccc2ncc(C3C=NN(C)C3)nc2c1. The Hall–Kier alpha value is -3.39. The Labute approximate surface area is 213 Å². The van der Waals surface area contributed by atoms with Gasteiger partial charge in [-0.05, 0) is 44.0 Å². The largest absolute Gasteiger partial charge is 0.497 e. The summed E-state index contributed by atoms with van der Waals surface area (Å²) in [7, 11) is 5.36. The quantitative estimate of drug-likeness (QED) is 0.433. The lowest BCUT2D eigenvalue weighted by Gasteiger charge is -2.30. The first-order valence-corrected chi connectivity index (χ1v) is 12.8. The van der Waals surface area contributed by atoms with E-state index in [4.69, 9.17) is 19.4 Å². The fourth-order valence-electron chi connectivity index (χ4n) is 5.34. The number of hydrogen-bond acceptors (Lipinski definition) is 8. The van der Waals surface area contributed by atoms with Crippen molar-refractivity contribution < 1.29 is 9.47 Å². The molecule has 0 bridgehead atoms. The fraction of sp³-hybridized carbons (Fsp3) is 0.464. The Morgan fingerprint density at radius 2 is 1.83 bits per heavy atom. The van der Waals surface area contributed by atoms with E-state index in [0.717, 1.165) is 65.8 Å². The van der Waals surface area contributed by atoms with Crippen molar-refractivity contribution in [3.8, 4) is 11.5 Å². The highest BCUT2D eigenvalue weighted by Gasteiger charge is 2.24. The van der Waals surface area contributed by atoms with Crippen LogP contribution >= 0.6 is 0 Å². The van der Waals surface area contributed by atoms with Crippen LogP contribution in [0.5, 0.6) is 11.5 Å². The third kappa shape index (κ3) is 5.09. The van der Waals surface area contributed by atoms with Gasteiger partial charge >= 0.3 is 0 Å². The minimum absolute atomic E-state index is 0.162. The van der Waals surface area contributed by atoms with Gasteiger partial charge in [0.05, 0.1) is 36.9 Å². The van der Waals surface area contributed by atoms with Crippen LogP contribution < -0.4 is 14.4 Å². The molecule has 8 nitrogen and oxygen atoms in total. The zero-order chi connectivity index (χ0) is 25.1. The molecule has 0 amide bonds. The van der Waals surface area contributed by atoms with Crippen molar-refractivity contribution in [3.63, 3.8) is 0 Å². The molecule has 2 atom stereocenters. The smallest absolute Gasteiger partial charge is 0.124 e. The second-order valence-electron chi connectivity index (χ2n) is 9.64. The van der Waals surface area contributed by atoms with Crippen LogP contribution in [0.25, 0.3) is 11.0 Å². The molecule has 8 heteroatoms. The molecule has 0 N–H and O–H groups in total. The van der Waals surface area contributed by atoms with Crippen LogP contribution in [0.4, 0.5) is 11.4 Å². The summed E-state index contributed by atoms with van der Waals surface area (Å²) in [5.41, 5.74) is 4.84. The van der Waals surface area contributed by atoms with Gasteiger partial charge in [-0.3, -0.25) is 14.9 Å². The Balaban J connectivity index is 1.51. The van der Waals surface area contributed by atoms with Crippen LogP contribution in [0.1, 0.15) is 37.8 Å². The fourth-order valence-corrected chi connectivity index (χ4v) is 5.34. The topological polar surface area (TPSA) is 66.3 Å². The number of anilines is 2. The van der Waals surface area contributed by atoms with E-state index in [1.165, 1.54) is 19.3 Å². The van der Waals surface area contributed by atoms with Crippen molar-refractivity contribution in [1.29, 1.82) is 0 Å². The molecule has 0 radical (unpaired) electrons. The van der Waals surface area contributed by atoms with Crippen molar-refractivity contribution in [3.05, 3.63) is 48.3 Å². The highest BCUT2D eigenvalue weighted by molar-refractivity contribution is 5.82. The molecule has 2 aromatic carbocycles. The number of likely N-dealkylation sites (tertiary alicyclic amines) is 1. The normalized spacial score (nSPS) is 19.8. The summed E-state index contributed by atoms with van der Waals surface area (Å²) in [5.74, 6) is 1.71. The summed E-state index contributed by atoms with van der Waals surface area (Å²) in [6.07, 6.45) is 7.59. The number of hydrazone groups is 1. The number of rotatable bonds is 9. The van der Waals surface area contributed by atoms with Crippen molar-refractivity contribution in [2.45, 2.75) is 38.1 Å². The molecule has 0 saturated carbocycles. The molecule has 5 rings (SSSR count). The van der Waals surface area contributed by atoms with Crippen LogP contribution in [0.3, 0.4) is 0 Å². The minimum atomic E-state index is 0.162. The zero-order valence-electron chi connectivity index (χ0n) is 21.7. The molecule has 0 aliphatic carbocycles. The Morgan fingerprint density at radius 3 is 2.53 bits per heavy atom. The predicted octanol–water partition coefficient (Wildman–Crippen LogP) is 4.67. The first-order chi connectivity index (χ1) is 17.6. The monoisotopic (exact) mass is 488 g/mol. The van der Waals surface area contributed by atoms with Gasteiger partial charge in [-0.1, -0.05) is 6.92 Å². The lowest BCUT2D eigenvalue weighted by molar-refractivity contribution is 0.255. The molecule has 3 heterocycles.